The molecule has 1 atom stereocenters. The summed E-state index contributed by atoms with van der Waals surface area (Å²) >= 11 is 5.98. The molecule has 0 saturated heterocycles. The van der Waals surface area contributed by atoms with E-state index >= 15 is 0 Å². The van der Waals surface area contributed by atoms with Crippen LogP contribution in [0.4, 0.5) is 0 Å². The molecule has 0 spiro atoms. The van der Waals surface area contributed by atoms with Crippen molar-refractivity contribution in [2.45, 2.75) is 25.9 Å². The molecule has 1 aromatic heterocycles. The Morgan fingerprint density at radius 1 is 1.45 bits per heavy atom. The molecule has 20 heavy (non-hydrogen) atoms. The number of nitrogens with one attached hydrogen (secondary N) is 1. The van der Waals surface area contributed by atoms with Crippen LogP contribution >= 0.6 is 11.6 Å². The summed E-state index contributed by atoms with van der Waals surface area (Å²) < 4.78 is 7.45. The highest BCUT2D eigenvalue weighted by atomic mass is 35.5. The molecule has 1 unspecified atom stereocenters. The lowest BCUT2D eigenvalue weighted by Gasteiger charge is -2.17. The Kier molecular flexibility index (Phi) is 5.44. The summed E-state index contributed by atoms with van der Waals surface area (Å²) in [5, 5.41) is 4.19. The van der Waals surface area contributed by atoms with Crippen LogP contribution in [0.25, 0.3) is 0 Å². The molecule has 0 bridgehead atoms. The van der Waals surface area contributed by atoms with Gasteiger partial charge in [-0.05, 0) is 32.0 Å². The highest BCUT2D eigenvalue weighted by Gasteiger charge is 2.11. The van der Waals surface area contributed by atoms with Crippen molar-refractivity contribution in [3.05, 3.63) is 47.5 Å². The smallest absolute Gasteiger partial charge is 0.125 e. The van der Waals surface area contributed by atoms with E-state index in [1.165, 1.54) is 0 Å². The zero-order valence-corrected chi connectivity index (χ0v) is 12.6. The SMILES string of the molecule is COc1cc(Cl)ccc1C(C)NCCCn1ccnc1. The molecule has 0 aliphatic rings. The minimum Gasteiger partial charge on any atom is -0.496 e. The number of hydrogen-bond acceptors (Lipinski definition) is 3. The third kappa shape index (κ3) is 3.99. The van der Waals surface area contributed by atoms with Crippen LogP contribution in [-0.4, -0.2) is 23.2 Å². The first-order valence-corrected chi connectivity index (χ1v) is 7.11. The minimum atomic E-state index is 0.227. The van der Waals surface area contributed by atoms with Gasteiger partial charge in [0.2, 0.25) is 0 Å². The van der Waals surface area contributed by atoms with E-state index in [9.17, 15) is 0 Å². The van der Waals surface area contributed by atoms with Crippen LogP contribution in [0.1, 0.15) is 24.9 Å². The van der Waals surface area contributed by atoms with E-state index < -0.39 is 0 Å². The summed E-state index contributed by atoms with van der Waals surface area (Å²) in [5.74, 6) is 0.826. The lowest BCUT2D eigenvalue weighted by molar-refractivity contribution is 0.401. The van der Waals surface area contributed by atoms with Gasteiger partial charge in [0, 0.05) is 35.6 Å². The number of rotatable bonds is 7. The van der Waals surface area contributed by atoms with Crippen molar-refractivity contribution in [3.8, 4) is 5.75 Å². The average Bonchev–Trinajstić information content (AvgIpc) is 2.96. The Balaban J connectivity index is 1.83. The molecule has 4 nitrogen and oxygen atoms in total. The van der Waals surface area contributed by atoms with Gasteiger partial charge in [-0.1, -0.05) is 17.7 Å². The van der Waals surface area contributed by atoms with E-state index in [1.807, 2.05) is 30.7 Å². The molecule has 108 valence electrons. The Labute approximate surface area is 124 Å². The Morgan fingerprint density at radius 3 is 3.00 bits per heavy atom. The third-order valence-electron chi connectivity index (χ3n) is 3.26. The van der Waals surface area contributed by atoms with Gasteiger partial charge in [0.1, 0.15) is 5.75 Å². The molecule has 0 radical (unpaired) electrons. The number of imidazole rings is 1. The normalized spacial score (nSPS) is 12.3. The van der Waals surface area contributed by atoms with Crippen LogP contribution in [0.15, 0.2) is 36.9 Å². The molecule has 0 saturated carbocycles. The maximum Gasteiger partial charge on any atom is 0.125 e. The van der Waals surface area contributed by atoms with Gasteiger partial charge >= 0.3 is 0 Å². The lowest BCUT2D eigenvalue weighted by Crippen LogP contribution is -2.21. The first kappa shape index (κ1) is 14.9. The molecule has 2 aromatic rings. The molecule has 5 heteroatoms. The molecular formula is C15H20ClN3O. The molecule has 1 N–H and O–H groups in total. The number of methoxy groups -OCH3 is 1. The monoisotopic (exact) mass is 293 g/mol. The first-order valence-electron chi connectivity index (χ1n) is 6.73. The van der Waals surface area contributed by atoms with Gasteiger partial charge in [-0.15, -0.1) is 0 Å². The summed E-state index contributed by atoms with van der Waals surface area (Å²) in [6.45, 7) is 4.03. The number of nitrogens with zero attached hydrogens (tertiary/aromatic N) is 2. The van der Waals surface area contributed by atoms with Gasteiger partial charge in [0.15, 0.2) is 0 Å². The van der Waals surface area contributed by atoms with E-state index in [0.717, 1.165) is 30.8 Å². The molecule has 1 aromatic carbocycles. The highest BCUT2D eigenvalue weighted by molar-refractivity contribution is 6.30. The van der Waals surface area contributed by atoms with E-state index in [-0.39, 0.29) is 6.04 Å². The fourth-order valence-electron chi connectivity index (χ4n) is 2.15. The number of aromatic nitrogens is 2. The summed E-state index contributed by atoms with van der Waals surface area (Å²) in [6.07, 6.45) is 6.67. The zero-order valence-electron chi connectivity index (χ0n) is 11.8. The maximum atomic E-state index is 5.98. The van der Waals surface area contributed by atoms with Crippen LogP contribution in [0.2, 0.25) is 5.02 Å². The van der Waals surface area contributed by atoms with E-state index in [1.54, 1.807) is 13.3 Å². The summed E-state index contributed by atoms with van der Waals surface area (Å²) in [7, 11) is 1.67. The quantitative estimate of drug-likeness (QED) is 0.796. The highest BCUT2D eigenvalue weighted by Crippen LogP contribution is 2.28. The van der Waals surface area contributed by atoms with Crippen LogP contribution in [0.3, 0.4) is 0 Å². The van der Waals surface area contributed by atoms with Gasteiger partial charge in [0.25, 0.3) is 0 Å². The van der Waals surface area contributed by atoms with E-state index in [2.05, 4.69) is 21.8 Å². The van der Waals surface area contributed by atoms with Crippen LogP contribution in [0, 0.1) is 0 Å². The van der Waals surface area contributed by atoms with Crippen molar-refractivity contribution in [1.29, 1.82) is 0 Å². The Bertz CT molecular complexity index is 528. The van der Waals surface area contributed by atoms with Gasteiger partial charge in [0.05, 0.1) is 13.4 Å². The lowest BCUT2D eigenvalue weighted by atomic mass is 10.1. The summed E-state index contributed by atoms with van der Waals surface area (Å²) in [5.41, 5.74) is 1.12. The number of ether oxygens (including phenoxy) is 1. The van der Waals surface area contributed by atoms with Gasteiger partial charge in [-0.25, -0.2) is 4.98 Å². The Hall–Kier alpha value is -1.52. The third-order valence-corrected chi connectivity index (χ3v) is 3.50. The predicted molar refractivity (Wildman–Crippen MR) is 81.3 cm³/mol. The van der Waals surface area contributed by atoms with Crippen LogP contribution < -0.4 is 10.1 Å². The van der Waals surface area contributed by atoms with Crippen LogP contribution in [0.5, 0.6) is 5.75 Å². The van der Waals surface area contributed by atoms with Crippen molar-refractivity contribution in [2.24, 2.45) is 0 Å². The largest absolute Gasteiger partial charge is 0.496 e. The van der Waals surface area contributed by atoms with E-state index in [0.29, 0.717) is 5.02 Å². The Morgan fingerprint density at radius 2 is 2.30 bits per heavy atom. The molecule has 0 fully saturated rings. The molecular weight excluding hydrogens is 274 g/mol. The number of benzene rings is 1. The number of halogens is 1. The van der Waals surface area contributed by atoms with Gasteiger partial charge in [-0.2, -0.15) is 0 Å². The predicted octanol–water partition coefficient (Wildman–Crippen LogP) is 3.29. The molecule has 0 aliphatic heterocycles. The van der Waals surface area contributed by atoms with Crippen molar-refractivity contribution in [3.63, 3.8) is 0 Å². The van der Waals surface area contributed by atoms with Crippen LogP contribution in [-0.2, 0) is 6.54 Å². The second-order valence-electron chi connectivity index (χ2n) is 4.72. The van der Waals surface area contributed by atoms with E-state index in [4.69, 9.17) is 16.3 Å². The molecule has 2 rings (SSSR count). The number of hydrogen-bond donors (Lipinski definition) is 1. The fourth-order valence-corrected chi connectivity index (χ4v) is 2.31. The first-order chi connectivity index (χ1) is 9.70. The second-order valence-corrected chi connectivity index (χ2v) is 5.15. The molecule has 0 aliphatic carbocycles. The molecule has 1 heterocycles. The maximum absolute atomic E-state index is 5.98. The van der Waals surface area contributed by atoms with Crippen molar-refractivity contribution >= 4 is 11.6 Å². The zero-order chi connectivity index (χ0) is 14.4. The molecule has 0 amide bonds. The summed E-state index contributed by atoms with van der Waals surface area (Å²) in [4.78, 5) is 4.03. The second kappa shape index (κ2) is 7.31. The minimum absolute atomic E-state index is 0.227. The van der Waals surface area contributed by atoms with Gasteiger partial charge < -0.3 is 14.6 Å². The van der Waals surface area contributed by atoms with Crippen molar-refractivity contribution in [1.82, 2.24) is 14.9 Å². The van der Waals surface area contributed by atoms with Crippen molar-refractivity contribution < 1.29 is 4.74 Å². The standard InChI is InChI=1S/C15H20ClN3O/c1-12(14-5-4-13(16)10-15(14)20-2)18-6-3-8-19-9-7-17-11-19/h4-5,7,9-12,18H,3,6,8H2,1-2H3. The average molecular weight is 294 g/mol. The fraction of sp³-hybridized carbons (Fsp3) is 0.400. The topological polar surface area (TPSA) is 39.1 Å². The van der Waals surface area contributed by atoms with Gasteiger partial charge in [-0.3, -0.25) is 0 Å². The summed E-state index contributed by atoms with van der Waals surface area (Å²) in [6, 6.07) is 5.98. The van der Waals surface area contributed by atoms with Crippen molar-refractivity contribution in [2.75, 3.05) is 13.7 Å². The number of aryl methyl sites for hydroxylation is 1.